The normalized spacial score (nSPS) is 9.56. The smallest absolute Gasteiger partial charge is 0.331 e. The molecular formula is C29H64N4O12. The predicted octanol–water partition coefficient (Wildman–Crippen LogP) is -0.225. The average molecular weight is 661 g/mol. The number of nitrogens with one attached hydrogen (secondary N) is 4. The summed E-state index contributed by atoms with van der Waals surface area (Å²) in [5, 5.41) is 10.8. The number of esters is 1. The van der Waals surface area contributed by atoms with Crippen LogP contribution in [0.2, 0.25) is 0 Å². The Morgan fingerprint density at radius 2 is 0.933 bits per heavy atom. The standard InChI is InChI=1S/C11H22N2O5.C6H14N2O2.C4H8O3.2C4H10O/c1-16-7-8-18-6-3-10(14)12-4-5-13-11(15)9-17-2;1-7-3-4-8-6(9)5-10-2;1-6-3-4(5)7-2;2*1-4(2)5-3/h3-9H2,1-2H3,(H,12,14)(H,13,15);7H,3-5H2,1-2H3,(H,8,9);3H2,1-2H3;2*4H,1-3H3. The Hall–Kier alpha value is -2.44. The maximum atomic E-state index is 11.3. The summed E-state index contributed by atoms with van der Waals surface area (Å²) in [4.78, 5) is 43.0. The summed E-state index contributed by atoms with van der Waals surface area (Å²) >= 11 is 0. The highest BCUT2D eigenvalue weighted by Crippen LogP contribution is 1.83. The molecule has 0 aliphatic rings. The van der Waals surface area contributed by atoms with Crippen LogP contribution in [0.25, 0.3) is 0 Å². The lowest BCUT2D eigenvalue weighted by Crippen LogP contribution is -2.36. The number of carbonyl (C=O) groups is 4. The molecule has 0 aromatic rings. The second kappa shape index (κ2) is 46.0. The van der Waals surface area contributed by atoms with Gasteiger partial charge in [-0.15, -0.1) is 0 Å². The molecule has 0 radical (unpaired) electrons. The summed E-state index contributed by atoms with van der Waals surface area (Å²) in [7, 11) is 12.5. The molecule has 0 heterocycles. The van der Waals surface area contributed by atoms with Crippen molar-refractivity contribution in [3.63, 3.8) is 0 Å². The van der Waals surface area contributed by atoms with Crippen molar-refractivity contribution in [2.24, 2.45) is 0 Å². The maximum Gasteiger partial charge on any atom is 0.331 e. The van der Waals surface area contributed by atoms with Crippen molar-refractivity contribution < 1.29 is 57.1 Å². The Labute approximate surface area is 271 Å². The van der Waals surface area contributed by atoms with Crippen LogP contribution >= 0.6 is 0 Å². The Morgan fingerprint density at radius 3 is 1.24 bits per heavy atom. The molecule has 0 unspecified atom stereocenters. The van der Waals surface area contributed by atoms with Crippen molar-refractivity contribution in [3.05, 3.63) is 0 Å². The molecule has 4 N–H and O–H groups in total. The van der Waals surface area contributed by atoms with Crippen LogP contribution in [0.5, 0.6) is 0 Å². The summed E-state index contributed by atoms with van der Waals surface area (Å²) in [5.41, 5.74) is 0. The van der Waals surface area contributed by atoms with Crippen LogP contribution in [0.4, 0.5) is 0 Å². The van der Waals surface area contributed by atoms with Gasteiger partial charge in [-0.2, -0.15) is 0 Å². The van der Waals surface area contributed by atoms with Gasteiger partial charge in [-0.1, -0.05) is 0 Å². The highest BCUT2D eigenvalue weighted by atomic mass is 16.6. The molecule has 272 valence electrons. The third-order valence-electron chi connectivity index (χ3n) is 4.36. The van der Waals surface area contributed by atoms with Gasteiger partial charge in [0, 0.05) is 75.3 Å². The summed E-state index contributed by atoms with van der Waals surface area (Å²) < 4.78 is 37.3. The van der Waals surface area contributed by atoms with Gasteiger partial charge in [-0.05, 0) is 34.7 Å². The zero-order valence-corrected chi connectivity index (χ0v) is 29.8. The molecule has 3 amide bonds. The van der Waals surface area contributed by atoms with Crippen LogP contribution in [-0.2, 0) is 57.1 Å². The van der Waals surface area contributed by atoms with Crippen molar-refractivity contribution in [1.29, 1.82) is 0 Å². The number of hydrogen-bond donors (Lipinski definition) is 4. The fourth-order valence-corrected chi connectivity index (χ4v) is 1.77. The van der Waals surface area contributed by atoms with Gasteiger partial charge < -0.3 is 59.2 Å². The molecule has 0 aromatic heterocycles. The third-order valence-corrected chi connectivity index (χ3v) is 4.36. The second-order valence-electron chi connectivity index (χ2n) is 8.95. The van der Waals surface area contributed by atoms with E-state index in [2.05, 4.69) is 40.2 Å². The zero-order chi connectivity index (χ0) is 35.7. The fourth-order valence-electron chi connectivity index (χ4n) is 1.77. The largest absolute Gasteiger partial charge is 0.467 e. The lowest BCUT2D eigenvalue weighted by atomic mass is 10.4. The summed E-state index contributed by atoms with van der Waals surface area (Å²) in [5.74, 6) is -0.719. The first kappa shape index (κ1) is 52.1. The minimum atomic E-state index is -0.345. The molecule has 0 aromatic carbocycles. The molecule has 0 atom stereocenters. The fraction of sp³-hybridized carbons (Fsp3) is 0.862. The molecule has 0 aliphatic carbocycles. The van der Waals surface area contributed by atoms with E-state index in [0.29, 0.717) is 58.1 Å². The highest BCUT2D eigenvalue weighted by Gasteiger charge is 2.02. The molecule has 0 saturated heterocycles. The number of likely N-dealkylation sites (N-methyl/N-ethyl adjacent to an activating group) is 1. The van der Waals surface area contributed by atoms with Crippen LogP contribution in [0.1, 0.15) is 34.1 Å². The van der Waals surface area contributed by atoms with E-state index in [1.807, 2.05) is 34.7 Å². The SMILES string of the molecule is CNCCNC(=O)COC.COC(C)C.COC(C)C.COCC(=O)OC.COCCOCCC(=O)NCCNC(=O)COC. The van der Waals surface area contributed by atoms with Crippen molar-refractivity contribution in [2.45, 2.75) is 46.3 Å². The predicted molar refractivity (Wildman–Crippen MR) is 172 cm³/mol. The lowest BCUT2D eigenvalue weighted by molar-refractivity contribution is -0.144. The Balaban J connectivity index is -0.000000166. The molecular weight excluding hydrogens is 596 g/mol. The molecule has 0 aliphatic heterocycles. The van der Waals surface area contributed by atoms with E-state index in [1.54, 1.807) is 21.3 Å². The first-order chi connectivity index (χ1) is 21.4. The van der Waals surface area contributed by atoms with Crippen molar-refractivity contribution in [1.82, 2.24) is 21.3 Å². The first-order valence-corrected chi connectivity index (χ1v) is 14.5. The van der Waals surface area contributed by atoms with Crippen LogP contribution in [0.3, 0.4) is 0 Å². The average Bonchev–Trinajstić information content (AvgIpc) is 3.01. The summed E-state index contributed by atoms with van der Waals surface area (Å²) in [6.45, 7) is 11.8. The number of rotatable bonds is 20. The number of ether oxygens (including phenoxy) is 8. The molecule has 0 saturated carbocycles. The Kier molecular flexibility index (Phi) is 53.2. The molecule has 16 nitrogen and oxygen atoms in total. The van der Waals surface area contributed by atoms with Crippen molar-refractivity contribution in [3.8, 4) is 0 Å². The minimum Gasteiger partial charge on any atom is -0.467 e. The van der Waals surface area contributed by atoms with Gasteiger partial charge in [-0.3, -0.25) is 14.4 Å². The van der Waals surface area contributed by atoms with E-state index in [9.17, 15) is 19.2 Å². The molecule has 0 fully saturated rings. The van der Waals surface area contributed by atoms with E-state index in [-0.39, 0.29) is 43.5 Å². The van der Waals surface area contributed by atoms with Crippen LogP contribution < -0.4 is 21.3 Å². The van der Waals surface area contributed by atoms with E-state index in [4.69, 9.17) is 18.9 Å². The highest BCUT2D eigenvalue weighted by molar-refractivity contribution is 5.78. The summed E-state index contributed by atoms with van der Waals surface area (Å²) in [6, 6.07) is 0. The molecule has 0 bridgehead atoms. The topological polar surface area (TPSA) is 190 Å². The number of carbonyl (C=O) groups excluding carboxylic acids is 4. The number of amides is 3. The van der Waals surface area contributed by atoms with E-state index in [1.165, 1.54) is 28.4 Å². The van der Waals surface area contributed by atoms with Crippen LogP contribution in [-0.4, -0.2) is 159 Å². The molecule has 16 heteroatoms. The van der Waals surface area contributed by atoms with Crippen molar-refractivity contribution in [2.75, 3.05) is 123 Å². The minimum absolute atomic E-state index is 0.0291. The summed E-state index contributed by atoms with van der Waals surface area (Å²) in [6.07, 6.45) is 1.07. The molecule has 0 rings (SSSR count). The van der Waals surface area contributed by atoms with Gasteiger partial charge in [0.1, 0.15) is 19.8 Å². The van der Waals surface area contributed by atoms with E-state index < -0.39 is 0 Å². The van der Waals surface area contributed by atoms with Crippen LogP contribution in [0, 0.1) is 0 Å². The Bertz CT molecular complexity index is 634. The van der Waals surface area contributed by atoms with Gasteiger partial charge in [-0.25, -0.2) is 4.79 Å². The van der Waals surface area contributed by atoms with Gasteiger partial charge >= 0.3 is 5.97 Å². The van der Waals surface area contributed by atoms with Crippen LogP contribution in [0.15, 0.2) is 0 Å². The number of methoxy groups -OCH3 is 7. The molecule has 45 heavy (non-hydrogen) atoms. The quantitative estimate of drug-likeness (QED) is 0.0991. The third kappa shape index (κ3) is 65.3. The first-order valence-electron chi connectivity index (χ1n) is 14.5. The molecule has 0 spiro atoms. The van der Waals surface area contributed by atoms with E-state index in [0.717, 1.165) is 6.54 Å². The zero-order valence-electron chi connectivity index (χ0n) is 29.8. The van der Waals surface area contributed by atoms with E-state index >= 15 is 0 Å². The monoisotopic (exact) mass is 660 g/mol. The van der Waals surface area contributed by atoms with Gasteiger partial charge in [0.25, 0.3) is 0 Å². The lowest BCUT2D eigenvalue weighted by Gasteiger charge is -2.07. The van der Waals surface area contributed by atoms with Gasteiger partial charge in [0.05, 0.1) is 39.1 Å². The Morgan fingerprint density at radius 1 is 0.533 bits per heavy atom. The second-order valence-corrected chi connectivity index (χ2v) is 8.95. The van der Waals surface area contributed by atoms with Gasteiger partial charge in [0.15, 0.2) is 0 Å². The maximum absolute atomic E-state index is 11.3. The van der Waals surface area contributed by atoms with Gasteiger partial charge in [0.2, 0.25) is 17.7 Å². The number of hydrogen-bond acceptors (Lipinski definition) is 13. The van der Waals surface area contributed by atoms with Crippen molar-refractivity contribution >= 4 is 23.7 Å².